The van der Waals surface area contributed by atoms with Gasteiger partial charge in [-0.15, -0.1) is 0 Å². The van der Waals surface area contributed by atoms with Crippen LogP contribution in [0.1, 0.15) is 31.9 Å². The number of aromatic amines is 1. The molecule has 1 N–H and O–H groups in total. The van der Waals surface area contributed by atoms with Crippen molar-refractivity contribution in [3.63, 3.8) is 0 Å². The largest absolute Gasteiger partial charge is 0.362 e. The standard InChI is InChI=1S/C17H25BrClNSi/c1-5-21(6-2,7-3)17-13(8-9-18)14-10-12(4)15(19)11-16(14)20-17/h10-11,20H,5-9H2,1-4H3. The number of hydrogen-bond donors (Lipinski definition) is 1. The zero-order chi connectivity index (χ0) is 15.6. The molecule has 0 atom stereocenters. The quantitative estimate of drug-likeness (QED) is 0.478. The number of aryl methyl sites for hydroxylation is 2. The Kier molecular flexibility index (Phi) is 5.61. The monoisotopic (exact) mass is 385 g/mol. The van der Waals surface area contributed by atoms with Crippen molar-refractivity contribution in [3.05, 3.63) is 28.3 Å². The highest BCUT2D eigenvalue weighted by atomic mass is 79.9. The van der Waals surface area contributed by atoms with E-state index in [0.29, 0.717) is 0 Å². The highest BCUT2D eigenvalue weighted by Crippen LogP contribution is 2.29. The number of nitrogens with one attached hydrogen (secondary N) is 1. The molecule has 0 spiro atoms. The van der Waals surface area contributed by atoms with E-state index in [1.54, 1.807) is 5.32 Å². The number of halogens is 2. The Morgan fingerprint density at radius 3 is 2.29 bits per heavy atom. The Hall–Kier alpha value is -0.253. The lowest BCUT2D eigenvalue weighted by atomic mass is 10.1. The van der Waals surface area contributed by atoms with Gasteiger partial charge in [0.25, 0.3) is 0 Å². The molecule has 0 aliphatic rings. The fraction of sp³-hybridized carbons (Fsp3) is 0.529. The molecule has 4 heteroatoms. The Labute approximate surface area is 142 Å². The van der Waals surface area contributed by atoms with Crippen LogP contribution in [0.2, 0.25) is 23.2 Å². The molecule has 2 rings (SSSR count). The zero-order valence-electron chi connectivity index (χ0n) is 13.4. The third-order valence-corrected chi connectivity index (χ3v) is 11.4. The van der Waals surface area contributed by atoms with Gasteiger partial charge in [0, 0.05) is 26.6 Å². The molecule has 1 aromatic carbocycles. The summed E-state index contributed by atoms with van der Waals surface area (Å²) in [6, 6.07) is 8.27. The second-order valence-corrected chi connectivity index (χ2v) is 12.3. The summed E-state index contributed by atoms with van der Waals surface area (Å²) in [6.07, 6.45) is 1.09. The van der Waals surface area contributed by atoms with E-state index >= 15 is 0 Å². The zero-order valence-corrected chi connectivity index (χ0v) is 16.8. The van der Waals surface area contributed by atoms with Gasteiger partial charge in [0.05, 0.1) is 0 Å². The molecule has 0 bridgehead atoms. The summed E-state index contributed by atoms with van der Waals surface area (Å²) in [7, 11) is -1.41. The average Bonchev–Trinajstić information content (AvgIpc) is 2.82. The third kappa shape index (κ3) is 2.97. The fourth-order valence-electron chi connectivity index (χ4n) is 3.47. The molecule has 0 aliphatic carbocycles. The maximum Gasteiger partial charge on any atom is 0.107 e. The minimum absolute atomic E-state index is 0.859. The number of benzene rings is 1. The van der Waals surface area contributed by atoms with Crippen LogP contribution < -0.4 is 5.32 Å². The van der Waals surface area contributed by atoms with Crippen molar-refractivity contribution in [3.8, 4) is 0 Å². The van der Waals surface area contributed by atoms with E-state index in [4.69, 9.17) is 11.6 Å². The number of fused-ring (bicyclic) bond motifs is 1. The van der Waals surface area contributed by atoms with Gasteiger partial charge in [-0.25, -0.2) is 0 Å². The number of aromatic nitrogens is 1. The Morgan fingerprint density at radius 2 is 1.76 bits per heavy atom. The van der Waals surface area contributed by atoms with Crippen molar-refractivity contribution in [1.29, 1.82) is 0 Å². The van der Waals surface area contributed by atoms with Crippen LogP contribution in [0.25, 0.3) is 10.9 Å². The number of hydrogen-bond acceptors (Lipinski definition) is 0. The number of rotatable bonds is 6. The first-order valence-electron chi connectivity index (χ1n) is 7.90. The molecule has 1 heterocycles. The van der Waals surface area contributed by atoms with Crippen molar-refractivity contribution in [1.82, 2.24) is 4.98 Å². The van der Waals surface area contributed by atoms with Gasteiger partial charge >= 0.3 is 0 Å². The van der Waals surface area contributed by atoms with Crippen LogP contribution in [0.4, 0.5) is 0 Å². The highest BCUT2D eigenvalue weighted by molar-refractivity contribution is 9.09. The summed E-state index contributed by atoms with van der Waals surface area (Å²) in [5, 5.41) is 4.80. The third-order valence-electron chi connectivity index (χ3n) is 5.09. The molecular weight excluding hydrogens is 362 g/mol. The molecule has 0 saturated carbocycles. The Balaban J connectivity index is 2.75. The van der Waals surface area contributed by atoms with Gasteiger partial charge < -0.3 is 4.98 Å². The number of alkyl halides is 1. The molecule has 2 aromatic rings. The molecule has 0 radical (unpaired) electrons. The van der Waals surface area contributed by atoms with Crippen molar-refractivity contribution in [2.45, 2.75) is 52.2 Å². The van der Waals surface area contributed by atoms with Gasteiger partial charge in [-0.2, -0.15) is 0 Å². The first kappa shape index (κ1) is 17.1. The fourth-order valence-corrected chi connectivity index (χ4v) is 7.89. The lowest BCUT2D eigenvalue weighted by molar-refractivity contribution is 1.15. The predicted octanol–water partition coefficient (Wildman–Crippen LogP) is 5.78. The maximum atomic E-state index is 6.32. The summed E-state index contributed by atoms with van der Waals surface area (Å²) >= 11 is 9.96. The second-order valence-electron chi connectivity index (χ2n) is 5.91. The lowest BCUT2D eigenvalue weighted by Crippen LogP contribution is -2.48. The molecule has 0 amide bonds. The van der Waals surface area contributed by atoms with E-state index in [1.807, 2.05) is 0 Å². The van der Waals surface area contributed by atoms with Crippen molar-refractivity contribution in [2.24, 2.45) is 0 Å². The predicted molar refractivity (Wildman–Crippen MR) is 102 cm³/mol. The minimum Gasteiger partial charge on any atom is -0.362 e. The van der Waals surface area contributed by atoms with E-state index in [0.717, 1.165) is 16.8 Å². The van der Waals surface area contributed by atoms with Gasteiger partial charge in [0.15, 0.2) is 0 Å². The van der Waals surface area contributed by atoms with Crippen LogP contribution >= 0.6 is 27.5 Å². The van der Waals surface area contributed by atoms with Crippen LogP contribution in [0.3, 0.4) is 0 Å². The van der Waals surface area contributed by atoms with E-state index in [1.165, 1.54) is 40.2 Å². The van der Waals surface area contributed by atoms with Gasteiger partial charge in [0.2, 0.25) is 0 Å². The first-order valence-corrected chi connectivity index (χ1v) is 12.0. The molecule has 1 aromatic heterocycles. The van der Waals surface area contributed by atoms with Gasteiger partial charge in [0.1, 0.15) is 8.07 Å². The van der Waals surface area contributed by atoms with Crippen molar-refractivity contribution >= 4 is 51.8 Å². The summed E-state index contributed by atoms with van der Waals surface area (Å²) in [4.78, 5) is 3.77. The molecule has 21 heavy (non-hydrogen) atoms. The summed E-state index contributed by atoms with van der Waals surface area (Å²) < 4.78 is 0. The lowest BCUT2D eigenvalue weighted by Gasteiger charge is -2.28. The van der Waals surface area contributed by atoms with E-state index in [9.17, 15) is 0 Å². The second kappa shape index (κ2) is 6.89. The van der Waals surface area contributed by atoms with Gasteiger partial charge in [-0.3, -0.25) is 0 Å². The summed E-state index contributed by atoms with van der Waals surface area (Å²) in [6.45, 7) is 9.18. The summed E-state index contributed by atoms with van der Waals surface area (Å²) in [5.41, 5.74) is 3.91. The maximum absolute atomic E-state index is 6.32. The van der Waals surface area contributed by atoms with Crippen LogP contribution in [0.15, 0.2) is 12.1 Å². The Morgan fingerprint density at radius 1 is 1.14 bits per heavy atom. The first-order chi connectivity index (χ1) is 10.0. The number of H-pyrrole nitrogens is 1. The molecule has 0 aliphatic heterocycles. The van der Waals surface area contributed by atoms with Crippen LogP contribution in [-0.4, -0.2) is 18.4 Å². The molecular formula is C17H25BrClNSi. The summed E-state index contributed by atoms with van der Waals surface area (Å²) in [5.74, 6) is 0. The molecule has 0 saturated heterocycles. The molecule has 1 nitrogen and oxygen atoms in total. The SMILES string of the molecule is CC[Si](CC)(CC)c1[nH]c2cc(Cl)c(C)cc2c1CCBr. The minimum atomic E-state index is -1.41. The highest BCUT2D eigenvalue weighted by Gasteiger charge is 2.33. The smallest absolute Gasteiger partial charge is 0.107 e. The van der Waals surface area contributed by atoms with Crippen LogP contribution in [0.5, 0.6) is 0 Å². The van der Waals surface area contributed by atoms with Crippen molar-refractivity contribution < 1.29 is 0 Å². The van der Waals surface area contributed by atoms with Crippen LogP contribution in [0, 0.1) is 6.92 Å². The van der Waals surface area contributed by atoms with E-state index in [-0.39, 0.29) is 0 Å². The molecule has 0 fully saturated rings. The van der Waals surface area contributed by atoms with Crippen LogP contribution in [-0.2, 0) is 6.42 Å². The average molecular weight is 387 g/mol. The molecule has 116 valence electrons. The van der Waals surface area contributed by atoms with Gasteiger partial charge in [-0.1, -0.05) is 66.4 Å². The van der Waals surface area contributed by atoms with Crippen molar-refractivity contribution in [2.75, 3.05) is 5.33 Å². The normalized spacial score (nSPS) is 12.3. The van der Waals surface area contributed by atoms with E-state index < -0.39 is 8.07 Å². The Bertz CT molecular complexity index is 623. The molecule has 0 unspecified atom stereocenters. The topological polar surface area (TPSA) is 15.8 Å². The van der Waals surface area contributed by atoms with Gasteiger partial charge in [-0.05, 0) is 36.6 Å². The van der Waals surface area contributed by atoms with E-state index in [2.05, 4.69) is 60.7 Å².